The zero-order chi connectivity index (χ0) is 38.9. The van der Waals surface area contributed by atoms with Gasteiger partial charge in [-0.1, -0.05) is 63.1 Å². The van der Waals surface area contributed by atoms with Gasteiger partial charge in [-0.15, -0.1) is 6.58 Å². The van der Waals surface area contributed by atoms with E-state index >= 15 is 0 Å². The fourth-order valence-electron chi connectivity index (χ4n) is 8.23. The van der Waals surface area contributed by atoms with Crippen LogP contribution in [0.3, 0.4) is 0 Å². The second-order valence-electron chi connectivity index (χ2n) is 15.7. The van der Waals surface area contributed by atoms with Crippen molar-refractivity contribution in [2.75, 3.05) is 40.1 Å². The number of fused-ring (bicyclic) bond motifs is 2. The lowest BCUT2D eigenvalue weighted by Gasteiger charge is -2.59. The fourth-order valence-corrected chi connectivity index (χ4v) is 8.23. The molecule has 11 nitrogen and oxygen atoms in total. The molecule has 0 radical (unpaired) electrons. The lowest BCUT2D eigenvalue weighted by molar-refractivity contribution is -0.253. The molecule has 2 aromatic carbocycles. The molecular formula is C43H58N2O9. The molecule has 2 aromatic rings. The largest absolute Gasteiger partial charge is 0.459 e. The predicted molar refractivity (Wildman–Crippen MR) is 207 cm³/mol. The van der Waals surface area contributed by atoms with Crippen molar-refractivity contribution < 1.29 is 43.6 Å². The zero-order valence-electron chi connectivity index (χ0n) is 32.5. The van der Waals surface area contributed by atoms with Crippen LogP contribution in [0, 0.1) is 23.2 Å². The van der Waals surface area contributed by atoms with Gasteiger partial charge in [-0.2, -0.15) is 0 Å². The number of hydrogen-bond donors (Lipinski definition) is 2. The van der Waals surface area contributed by atoms with Gasteiger partial charge in [-0.25, -0.2) is 4.79 Å². The Kier molecular flexibility index (Phi) is 14.0. The van der Waals surface area contributed by atoms with Gasteiger partial charge in [0, 0.05) is 43.7 Å². The molecule has 3 aliphatic rings. The molecule has 1 heterocycles. The van der Waals surface area contributed by atoms with E-state index in [1.54, 1.807) is 36.2 Å². The number of allylic oxidation sites excluding steroid dienone is 1. The van der Waals surface area contributed by atoms with Gasteiger partial charge in [0.15, 0.2) is 0 Å². The smallest absolute Gasteiger partial charge is 0.410 e. The van der Waals surface area contributed by atoms with Gasteiger partial charge in [-0.05, 0) is 85.8 Å². The van der Waals surface area contributed by atoms with Gasteiger partial charge in [0.2, 0.25) is 5.79 Å². The number of rotatable bonds is 18. The summed E-state index contributed by atoms with van der Waals surface area (Å²) >= 11 is 0. The summed E-state index contributed by atoms with van der Waals surface area (Å²) in [6, 6.07) is 12.1. The molecule has 1 aliphatic heterocycles. The van der Waals surface area contributed by atoms with E-state index in [1.807, 2.05) is 52.0 Å². The van der Waals surface area contributed by atoms with Gasteiger partial charge in [-0.3, -0.25) is 4.79 Å². The first-order valence-corrected chi connectivity index (χ1v) is 19.3. The highest BCUT2D eigenvalue weighted by molar-refractivity contribution is 6.02. The van der Waals surface area contributed by atoms with E-state index in [1.165, 1.54) is 0 Å². The first kappa shape index (κ1) is 41.0. The van der Waals surface area contributed by atoms with Crippen LogP contribution in [0.25, 0.3) is 0 Å². The number of carbonyl (C=O) groups excluding carboxylic acids is 2. The highest BCUT2D eigenvalue weighted by Gasteiger charge is 2.65. The summed E-state index contributed by atoms with van der Waals surface area (Å²) in [5.41, 5.74) is 2.87. The van der Waals surface area contributed by atoms with Crippen LogP contribution in [0.1, 0.15) is 94.5 Å². The molecule has 11 heteroatoms. The van der Waals surface area contributed by atoms with Crippen LogP contribution in [-0.2, 0) is 14.3 Å². The Labute approximate surface area is 319 Å². The maximum absolute atomic E-state index is 13.9. The van der Waals surface area contributed by atoms with Gasteiger partial charge in [0.1, 0.15) is 36.2 Å². The minimum Gasteiger partial charge on any atom is -0.459 e. The zero-order valence-corrected chi connectivity index (χ0v) is 32.5. The molecule has 2 N–H and O–H groups in total. The minimum atomic E-state index is -1.37. The Morgan fingerprint density at radius 2 is 1.81 bits per heavy atom. The molecule has 0 bridgehead atoms. The summed E-state index contributed by atoms with van der Waals surface area (Å²) in [7, 11) is 1.72. The first-order chi connectivity index (χ1) is 26.0. The number of carbonyl (C=O) groups is 2. The van der Waals surface area contributed by atoms with Crippen LogP contribution in [0.2, 0.25) is 0 Å². The number of oxime groups is 1. The molecule has 0 spiro atoms. The summed E-state index contributed by atoms with van der Waals surface area (Å²) < 4.78 is 26.3. The quantitative estimate of drug-likeness (QED) is 0.0672. The first-order valence-electron chi connectivity index (χ1n) is 19.3. The lowest BCUT2D eigenvalue weighted by Crippen LogP contribution is -2.69. The number of aliphatic hydroxyl groups is 2. The molecule has 294 valence electrons. The molecule has 6 atom stereocenters. The molecule has 5 rings (SSSR count). The third-order valence-electron chi connectivity index (χ3n) is 10.6. The molecule has 54 heavy (non-hydrogen) atoms. The summed E-state index contributed by atoms with van der Waals surface area (Å²) in [6.45, 7) is 12.9. The van der Waals surface area contributed by atoms with Crippen molar-refractivity contribution in [3.63, 3.8) is 0 Å². The third-order valence-corrected chi connectivity index (χ3v) is 10.6. The summed E-state index contributed by atoms with van der Waals surface area (Å²) in [6.07, 6.45) is 9.21. The number of likely N-dealkylation sites (N-methyl/N-ethyl adjacent to an activating group) is 1. The maximum atomic E-state index is 13.9. The average Bonchev–Trinajstić information content (AvgIpc) is 3.16. The SMILES string of the molecule is C=CCOC12Oc3ccc(Oc4cccc(C=O)c4)cc3C3C(CCCCO)C(CCCCO)C=C(C(=NOCC)CC1N(C)C(=O)OCC(C)(C)C)C32. The summed E-state index contributed by atoms with van der Waals surface area (Å²) in [5.74, 6) is -0.116. The molecule has 1 saturated carbocycles. The van der Waals surface area contributed by atoms with Crippen molar-refractivity contribution >= 4 is 18.1 Å². The lowest BCUT2D eigenvalue weighted by atomic mass is 9.55. The van der Waals surface area contributed by atoms with Crippen molar-refractivity contribution in [1.82, 2.24) is 4.90 Å². The minimum absolute atomic E-state index is 0.0669. The Bertz CT molecular complexity index is 1670. The number of benzene rings is 2. The van der Waals surface area contributed by atoms with Gasteiger partial charge < -0.3 is 38.9 Å². The number of hydrogen-bond acceptors (Lipinski definition) is 10. The second-order valence-corrected chi connectivity index (χ2v) is 15.7. The van der Waals surface area contributed by atoms with Gasteiger partial charge in [0.05, 0.1) is 24.8 Å². The third kappa shape index (κ3) is 9.18. The number of amides is 1. The van der Waals surface area contributed by atoms with Crippen molar-refractivity contribution in [3.8, 4) is 17.2 Å². The Morgan fingerprint density at radius 3 is 2.50 bits per heavy atom. The molecule has 2 aliphatic carbocycles. The molecule has 0 aromatic heterocycles. The number of ether oxygens (including phenoxy) is 4. The second kappa shape index (κ2) is 18.4. The Balaban J connectivity index is 1.73. The van der Waals surface area contributed by atoms with Crippen LogP contribution < -0.4 is 9.47 Å². The monoisotopic (exact) mass is 746 g/mol. The maximum Gasteiger partial charge on any atom is 0.410 e. The van der Waals surface area contributed by atoms with E-state index in [4.69, 9.17) is 28.9 Å². The van der Waals surface area contributed by atoms with Crippen molar-refractivity contribution in [1.29, 1.82) is 0 Å². The van der Waals surface area contributed by atoms with Crippen LogP contribution in [0.4, 0.5) is 4.79 Å². The van der Waals surface area contributed by atoms with Gasteiger partial charge in [0.25, 0.3) is 0 Å². The normalized spacial score (nSPS) is 25.1. The molecule has 1 amide bonds. The number of unbranched alkanes of at least 4 members (excludes halogenated alkanes) is 2. The Morgan fingerprint density at radius 1 is 1.07 bits per heavy atom. The van der Waals surface area contributed by atoms with Gasteiger partial charge >= 0.3 is 6.09 Å². The predicted octanol–water partition coefficient (Wildman–Crippen LogP) is 8.06. The van der Waals surface area contributed by atoms with E-state index in [-0.39, 0.29) is 56.0 Å². The van der Waals surface area contributed by atoms with E-state index in [0.29, 0.717) is 42.3 Å². The van der Waals surface area contributed by atoms with Crippen LogP contribution in [0.5, 0.6) is 17.2 Å². The summed E-state index contributed by atoms with van der Waals surface area (Å²) in [5, 5.41) is 24.3. The van der Waals surface area contributed by atoms with Crippen LogP contribution in [0.15, 0.2) is 71.9 Å². The van der Waals surface area contributed by atoms with E-state index in [0.717, 1.165) is 48.8 Å². The highest BCUT2D eigenvalue weighted by atomic mass is 16.7. The van der Waals surface area contributed by atoms with E-state index < -0.39 is 23.8 Å². The van der Waals surface area contributed by atoms with E-state index in [2.05, 4.69) is 12.7 Å². The van der Waals surface area contributed by atoms with Crippen molar-refractivity contribution in [2.45, 2.75) is 90.4 Å². The van der Waals surface area contributed by atoms with E-state index in [9.17, 15) is 19.8 Å². The average molecular weight is 747 g/mol. The molecular weight excluding hydrogens is 688 g/mol. The topological polar surface area (TPSA) is 136 Å². The molecule has 1 fully saturated rings. The van der Waals surface area contributed by atoms with Crippen molar-refractivity contribution in [3.05, 3.63) is 77.9 Å². The molecule has 0 saturated heterocycles. The summed E-state index contributed by atoms with van der Waals surface area (Å²) in [4.78, 5) is 32.8. The molecule has 6 unspecified atom stereocenters. The standard InChI is InChI=1S/C43H58N2O9/c1-7-22-51-43-38(45(6)41(49)50-28-42(3,4)5)26-36(44-52-8-2)34-24-30(15-9-11-20-46)33(17-10-12-21-47)39(40(34)43)35-25-32(18-19-37(35)54-43)53-31-16-13-14-29(23-31)27-48/h7,13-14,16,18-19,23-25,27,30,33,38-40,46-47H,1,8-12,15,17,20-22,26,28H2,2-6H3. The fraction of sp³-hybridized carbons (Fsp3) is 0.558. The van der Waals surface area contributed by atoms with Crippen LogP contribution >= 0.6 is 0 Å². The number of nitrogens with zero attached hydrogens (tertiary/aromatic N) is 2. The number of aldehydes is 1. The highest BCUT2D eigenvalue weighted by Crippen LogP contribution is 2.62. The Hall–Kier alpha value is -4.19. The van der Waals surface area contributed by atoms with Crippen molar-refractivity contribution in [2.24, 2.45) is 28.3 Å². The number of aliphatic hydroxyl groups excluding tert-OH is 2. The van der Waals surface area contributed by atoms with Crippen LogP contribution in [-0.4, -0.2) is 85.1 Å².